The van der Waals surface area contributed by atoms with E-state index in [1.807, 2.05) is 0 Å². The van der Waals surface area contributed by atoms with Crippen LogP contribution in [0.25, 0.3) is 0 Å². The summed E-state index contributed by atoms with van der Waals surface area (Å²) in [5.74, 6) is -3.57. The first kappa shape index (κ1) is 30.2. The Morgan fingerprint density at radius 3 is 2.27 bits per heavy atom. The Kier molecular flexibility index (Phi) is 7.76. The number of fused-ring (bicyclic) bond motifs is 1. The summed E-state index contributed by atoms with van der Waals surface area (Å²) in [5, 5.41) is 21.4. The van der Waals surface area contributed by atoms with Gasteiger partial charge in [0, 0.05) is 44.6 Å². The van der Waals surface area contributed by atoms with E-state index in [2.05, 4.69) is 24.9 Å². The van der Waals surface area contributed by atoms with Crippen molar-refractivity contribution in [1.29, 1.82) is 0 Å². The first-order valence-electron chi connectivity index (χ1n) is 14.7. The van der Waals surface area contributed by atoms with Crippen LogP contribution in [0.3, 0.4) is 0 Å². The molecule has 1 aromatic heterocycles. The lowest BCUT2D eigenvalue weighted by atomic mass is 9.93. The summed E-state index contributed by atoms with van der Waals surface area (Å²) >= 11 is 0. The van der Waals surface area contributed by atoms with Crippen LogP contribution in [0.4, 0.5) is 36.7 Å². The monoisotopic (exact) mass is 635 g/mol. The predicted octanol–water partition coefficient (Wildman–Crippen LogP) is 3.07. The number of nitrogens with zero attached hydrogens (tertiary/aromatic N) is 5. The number of carboxylic acid groups (broad SMARTS) is 1. The van der Waals surface area contributed by atoms with Crippen LogP contribution in [0, 0.1) is 5.41 Å². The molecule has 3 aliphatic heterocycles. The normalized spacial score (nSPS) is 20.4. The number of hydrogen-bond donors (Lipinski definition) is 4. The van der Waals surface area contributed by atoms with Gasteiger partial charge in [-0.3, -0.25) is 19.7 Å². The molecule has 1 saturated carbocycles. The van der Waals surface area contributed by atoms with Crippen molar-refractivity contribution in [2.24, 2.45) is 5.41 Å². The Bertz CT molecular complexity index is 1570. The van der Waals surface area contributed by atoms with Crippen LogP contribution in [-0.4, -0.2) is 90.0 Å². The summed E-state index contributed by atoms with van der Waals surface area (Å²) in [7, 11) is -3.80. The van der Waals surface area contributed by atoms with Gasteiger partial charge in [-0.25, -0.2) is 27.0 Å². The fraction of sp³-hybridized carbons (Fsp3) is 0.571. The van der Waals surface area contributed by atoms with Crippen LogP contribution >= 0.6 is 0 Å². The molecular weight excluding hydrogens is 600 g/mol. The zero-order valence-corrected chi connectivity index (χ0v) is 24.9. The average molecular weight is 636 g/mol. The van der Waals surface area contributed by atoms with Gasteiger partial charge >= 0.3 is 6.09 Å². The lowest BCUT2D eigenvalue weighted by Crippen LogP contribution is -2.40. The molecule has 2 saturated heterocycles. The molecule has 0 radical (unpaired) electrons. The lowest BCUT2D eigenvalue weighted by Gasteiger charge is -2.35. The van der Waals surface area contributed by atoms with E-state index in [1.165, 1.54) is 25.0 Å². The predicted molar refractivity (Wildman–Crippen MR) is 158 cm³/mol. The van der Waals surface area contributed by atoms with Crippen LogP contribution in [0.2, 0.25) is 0 Å². The third kappa shape index (κ3) is 6.36. The molecule has 44 heavy (non-hydrogen) atoms. The smallest absolute Gasteiger partial charge is 0.407 e. The number of sulfonamides is 1. The zero-order chi connectivity index (χ0) is 31.3. The number of nitrogens with one attached hydrogen (secondary N) is 2. The number of hydrogen-bond acceptors (Lipinski definition) is 9. The van der Waals surface area contributed by atoms with Gasteiger partial charge in [0.2, 0.25) is 16.0 Å². The minimum atomic E-state index is -3.80. The molecule has 6 rings (SSSR count). The molecule has 4 aliphatic rings. The van der Waals surface area contributed by atoms with Crippen molar-refractivity contribution in [3.8, 4) is 0 Å². The molecule has 4 heterocycles. The number of anilines is 4. The van der Waals surface area contributed by atoms with Gasteiger partial charge in [-0.15, -0.1) is 0 Å². The minimum absolute atomic E-state index is 0.00930. The largest absolute Gasteiger partial charge is 0.465 e. The topological polar surface area (TPSA) is 168 Å². The van der Waals surface area contributed by atoms with Crippen LogP contribution in [0.15, 0.2) is 18.2 Å². The number of halogens is 2. The number of piperidine rings is 2. The molecule has 1 aromatic carbocycles. The number of aliphatic hydroxyl groups is 1. The van der Waals surface area contributed by atoms with Gasteiger partial charge in [0.1, 0.15) is 5.82 Å². The van der Waals surface area contributed by atoms with Gasteiger partial charge in [0.05, 0.1) is 48.1 Å². The number of aliphatic hydroxyl groups excluding tert-OH is 1. The third-order valence-electron chi connectivity index (χ3n) is 9.05. The maximum Gasteiger partial charge on any atom is 0.407 e. The summed E-state index contributed by atoms with van der Waals surface area (Å²) in [4.78, 5) is 39.3. The third-order valence-corrected chi connectivity index (χ3v) is 10.3. The molecule has 3 fully saturated rings. The van der Waals surface area contributed by atoms with Crippen molar-refractivity contribution in [1.82, 2.24) is 14.9 Å². The Balaban J connectivity index is 1.30. The van der Waals surface area contributed by atoms with Gasteiger partial charge < -0.3 is 20.0 Å². The summed E-state index contributed by atoms with van der Waals surface area (Å²) < 4.78 is 54.9. The average Bonchev–Trinajstić information content (AvgIpc) is 3.56. The number of alkyl halides is 2. The van der Waals surface area contributed by atoms with Crippen LogP contribution in [-0.2, 0) is 23.1 Å². The van der Waals surface area contributed by atoms with Crippen molar-refractivity contribution in [2.75, 3.05) is 58.4 Å². The second kappa shape index (κ2) is 11.3. The fourth-order valence-corrected chi connectivity index (χ4v) is 7.03. The van der Waals surface area contributed by atoms with E-state index < -0.39 is 40.3 Å². The summed E-state index contributed by atoms with van der Waals surface area (Å²) in [6.07, 6.45) is 2.39. The number of rotatable bonds is 8. The second-order valence-electron chi connectivity index (χ2n) is 12.1. The molecular formula is C28H35F2N7O6S. The summed E-state index contributed by atoms with van der Waals surface area (Å²) in [6, 6.07) is 4.58. The summed E-state index contributed by atoms with van der Waals surface area (Å²) in [6.45, 7) is 0.862. The van der Waals surface area contributed by atoms with E-state index in [-0.39, 0.29) is 56.2 Å². The van der Waals surface area contributed by atoms with Gasteiger partial charge in [-0.2, -0.15) is 4.98 Å². The molecule has 238 valence electrons. The van der Waals surface area contributed by atoms with E-state index in [0.29, 0.717) is 41.3 Å². The van der Waals surface area contributed by atoms with Crippen molar-refractivity contribution in [2.45, 2.75) is 57.5 Å². The SMILES string of the molecule is O=C(Nc1nc2c(c(N3CCC(F)(F)CC3)n1)CN(C(=O)O)C2)c1ccc(NS(=O)(=O)CCO)cc1N1CCC2(CC1)CC2. The number of carbonyl (C=O) groups is 2. The highest BCUT2D eigenvalue weighted by molar-refractivity contribution is 7.92. The first-order valence-corrected chi connectivity index (χ1v) is 16.3. The number of aromatic nitrogens is 2. The van der Waals surface area contributed by atoms with E-state index >= 15 is 0 Å². The molecule has 0 unspecified atom stereocenters. The van der Waals surface area contributed by atoms with Crippen LogP contribution < -0.4 is 19.8 Å². The zero-order valence-electron chi connectivity index (χ0n) is 24.1. The number of benzene rings is 1. The van der Waals surface area contributed by atoms with Gasteiger partial charge in [-0.05, 0) is 49.3 Å². The standard InChI is InChI=1S/C28H35F2N7O6S/c29-28(30)7-11-36(12-8-28)23-20-16-37(26(40)41)17-21(20)31-25(32-23)33-24(39)19-2-1-18(34-44(42,43)14-13-38)15-22(19)35-9-5-27(3-4-27)6-10-35/h1-2,15,34,38H,3-14,16-17H2,(H,40,41)(H,31,32,33,39). The molecule has 1 aliphatic carbocycles. The Morgan fingerprint density at radius 1 is 0.955 bits per heavy atom. The van der Waals surface area contributed by atoms with E-state index in [4.69, 9.17) is 5.11 Å². The molecule has 0 atom stereocenters. The molecule has 1 spiro atoms. The summed E-state index contributed by atoms with van der Waals surface area (Å²) in [5.41, 5.74) is 2.32. The van der Waals surface area contributed by atoms with Crippen molar-refractivity contribution in [3.63, 3.8) is 0 Å². The number of amides is 2. The van der Waals surface area contributed by atoms with Crippen LogP contribution in [0.5, 0.6) is 0 Å². The molecule has 13 nitrogen and oxygen atoms in total. The lowest BCUT2D eigenvalue weighted by molar-refractivity contribution is -0.0221. The van der Waals surface area contributed by atoms with Gasteiger partial charge in [-0.1, -0.05) is 0 Å². The molecule has 4 N–H and O–H groups in total. The minimum Gasteiger partial charge on any atom is -0.465 e. The van der Waals surface area contributed by atoms with E-state index in [0.717, 1.165) is 17.7 Å². The Labute approximate surface area is 253 Å². The first-order chi connectivity index (χ1) is 20.9. The van der Waals surface area contributed by atoms with E-state index in [1.54, 1.807) is 11.0 Å². The van der Waals surface area contributed by atoms with Gasteiger partial charge in [0.15, 0.2) is 0 Å². The quantitative estimate of drug-likeness (QED) is 0.338. The molecule has 0 bridgehead atoms. The highest BCUT2D eigenvalue weighted by atomic mass is 32.2. The fourth-order valence-electron chi connectivity index (χ4n) is 6.20. The maximum absolute atomic E-state index is 13.9. The maximum atomic E-state index is 13.9. The highest BCUT2D eigenvalue weighted by Gasteiger charge is 2.45. The van der Waals surface area contributed by atoms with E-state index in [9.17, 15) is 31.9 Å². The molecule has 2 amide bonds. The molecule has 16 heteroatoms. The Morgan fingerprint density at radius 2 is 1.64 bits per heavy atom. The Hall–Kier alpha value is -3.79. The number of carbonyl (C=O) groups excluding carboxylic acids is 1. The molecule has 2 aromatic rings. The van der Waals surface area contributed by atoms with Crippen molar-refractivity contribution in [3.05, 3.63) is 35.0 Å². The second-order valence-corrected chi connectivity index (χ2v) is 13.9. The van der Waals surface area contributed by atoms with Crippen molar-refractivity contribution < 1.29 is 37.0 Å². The highest BCUT2D eigenvalue weighted by Crippen LogP contribution is 2.54. The van der Waals surface area contributed by atoms with Crippen LogP contribution in [0.1, 0.15) is 60.1 Å². The van der Waals surface area contributed by atoms with Crippen molar-refractivity contribution >= 4 is 45.2 Å². The van der Waals surface area contributed by atoms with Gasteiger partial charge in [0.25, 0.3) is 11.8 Å².